The second kappa shape index (κ2) is 9.63. The first kappa shape index (κ1) is 24.3. The average molecular weight is 481 g/mol. The second-order valence-electron chi connectivity index (χ2n) is 6.89. The summed E-state index contributed by atoms with van der Waals surface area (Å²) in [7, 11) is -3.60. The number of halogens is 3. The van der Waals surface area contributed by atoms with Gasteiger partial charge in [-0.25, -0.2) is 18.4 Å². The van der Waals surface area contributed by atoms with Gasteiger partial charge >= 0.3 is 6.18 Å². The molecule has 0 spiro atoms. The van der Waals surface area contributed by atoms with E-state index in [1.165, 1.54) is 34.6 Å². The molecule has 0 atom stereocenters. The van der Waals surface area contributed by atoms with Gasteiger partial charge in [0.25, 0.3) is 0 Å². The van der Waals surface area contributed by atoms with Gasteiger partial charge in [-0.15, -0.1) is 0 Å². The normalized spacial score (nSPS) is 12.1. The van der Waals surface area contributed by atoms with Crippen molar-refractivity contribution in [2.45, 2.75) is 24.9 Å². The highest BCUT2D eigenvalue weighted by Gasteiger charge is 2.33. The van der Waals surface area contributed by atoms with E-state index in [0.29, 0.717) is 18.8 Å². The Bertz CT molecular complexity index is 1210. The third-order valence-electron chi connectivity index (χ3n) is 4.83. The number of rotatable bonds is 8. The van der Waals surface area contributed by atoms with Gasteiger partial charge in [0.05, 0.1) is 16.1 Å². The van der Waals surface area contributed by atoms with Crippen LogP contribution in [0.1, 0.15) is 19.4 Å². The molecule has 3 rings (SSSR count). The molecule has 1 heterocycles. The van der Waals surface area contributed by atoms with Crippen molar-refractivity contribution >= 4 is 38.7 Å². The van der Waals surface area contributed by atoms with Crippen LogP contribution in [0.15, 0.2) is 59.8 Å². The molecule has 2 aromatic carbocycles. The van der Waals surface area contributed by atoms with E-state index in [0.717, 1.165) is 12.4 Å². The number of nitrogens with zero attached hydrogens (tertiary/aromatic N) is 3. The molecule has 0 saturated carbocycles. The number of hydrogen-bond donors (Lipinski definition) is 3. The maximum atomic E-state index is 13.3. The molecular formula is C21H23F3N6O2S. The molecule has 0 bridgehead atoms. The number of alkyl halides is 3. The summed E-state index contributed by atoms with van der Waals surface area (Å²) >= 11 is 0. The minimum Gasteiger partial charge on any atom is -0.393 e. The highest BCUT2D eigenvalue weighted by atomic mass is 32.2. The van der Waals surface area contributed by atoms with E-state index in [1.54, 1.807) is 26.0 Å². The topological polar surface area (TPSA) is 113 Å². The minimum atomic E-state index is -4.56. The smallest absolute Gasteiger partial charge is 0.393 e. The molecule has 0 aliphatic rings. The predicted molar refractivity (Wildman–Crippen MR) is 121 cm³/mol. The first-order valence-electron chi connectivity index (χ1n) is 9.98. The molecule has 0 saturated heterocycles. The van der Waals surface area contributed by atoms with Crippen LogP contribution in [0, 0.1) is 0 Å². The third-order valence-corrected chi connectivity index (χ3v) is 6.89. The zero-order chi connectivity index (χ0) is 24.2. The van der Waals surface area contributed by atoms with E-state index < -0.39 is 21.8 Å². The number of anilines is 5. The molecule has 4 N–H and O–H groups in total. The van der Waals surface area contributed by atoms with Crippen LogP contribution < -0.4 is 16.4 Å². The van der Waals surface area contributed by atoms with E-state index in [-0.39, 0.29) is 27.9 Å². The van der Waals surface area contributed by atoms with Crippen molar-refractivity contribution in [1.82, 2.24) is 14.3 Å². The van der Waals surface area contributed by atoms with Crippen LogP contribution >= 0.6 is 0 Å². The summed E-state index contributed by atoms with van der Waals surface area (Å²) < 4.78 is 66.4. The highest BCUT2D eigenvalue weighted by Crippen LogP contribution is 2.37. The maximum absolute atomic E-state index is 13.3. The predicted octanol–water partition coefficient (Wildman–Crippen LogP) is 4.60. The lowest BCUT2D eigenvalue weighted by atomic mass is 10.1. The Hall–Kier alpha value is -3.38. The number of hydrogen-bond acceptors (Lipinski definition) is 7. The van der Waals surface area contributed by atoms with Crippen LogP contribution in [0.25, 0.3) is 0 Å². The SMILES string of the molecule is CCN(CC)S(=O)(=O)c1ccc(Nc2ncnc(Nc3ccccc3C(F)(F)F)c2N)cc1. The van der Waals surface area contributed by atoms with Crippen molar-refractivity contribution in [1.29, 1.82) is 0 Å². The molecule has 1 aromatic heterocycles. The van der Waals surface area contributed by atoms with Gasteiger partial charge in [0.15, 0.2) is 11.6 Å². The number of nitrogens with one attached hydrogen (secondary N) is 2. The van der Waals surface area contributed by atoms with Gasteiger partial charge in [-0.3, -0.25) is 0 Å². The number of aromatic nitrogens is 2. The van der Waals surface area contributed by atoms with Crippen molar-refractivity contribution in [3.8, 4) is 0 Å². The fraction of sp³-hybridized carbons (Fsp3) is 0.238. The Morgan fingerprint density at radius 3 is 2.09 bits per heavy atom. The van der Waals surface area contributed by atoms with Crippen LogP contribution in [0.3, 0.4) is 0 Å². The summed E-state index contributed by atoms with van der Waals surface area (Å²) in [5.41, 5.74) is 5.50. The van der Waals surface area contributed by atoms with Crippen molar-refractivity contribution in [3.63, 3.8) is 0 Å². The molecule has 0 fully saturated rings. The Labute approximate surface area is 189 Å². The molecule has 176 valence electrons. The van der Waals surface area contributed by atoms with Gasteiger partial charge in [0, 0.05) is 18.8 Å². The van der Waals surface area contributed by atoms with Gasteiger partial charge in [-0.1, -0.05) is 26.0 Å². The van der Waals surface area contributed by atoms with E-state index in [4.69, 9.17) is 5.73 Å². The highest BCUT2D eigenvalue weighted by molar-refractivity contribution is 7.89. The lowest BCUT2D eigenvalue weighted by Gasteiger charge is -2.18. The van der Waals surface area contributed by atoms with Gasteiger partial charge in [0.1, 0.15) is 12.0 Å². The standard InChI is InChI=1S/C21H23F3N6O2S/c1-3-30(4-2)33(31,32)15-11-9-14(10-12-15)28-19-18(25)20(27-13-26-19)29-17-8-6-5-7-16(17)21(22,23)24/h5-13H,3-4,25H2,1-2H3,(H2,26,27,28,29). The third kappa shape index (κ3) is 5.34. The molecule has 3 aromatic rings. The molecule has 0 aliphatic carbocycles. The molecule has 8 nitrogen and oxygen atoms in total. The lowest BCUT2D eigenvalue weighted by Crippen LogP contribution is -2.30. The van der Waals surface area contributed by atoms with E-state index in [2.05, 4.69) is 20.6 Å². The summed E-state index contributed by atoms with van der Waals surface area (Å²) in [6.45, 7) is 4.22. The average Bonchev–Trinajstić information content (AvgIpc) is 2.77. The Morgan fingerprint density at radius 1 is 0.939 bits per heavy atom. The van der Waals surface area contributed by atoms with Gasteiger partial charge in [-0.2, -0.15) is 17.5 Å². The summed E-state index contributed by atoms with van der Waals surface area (Å²) in [5.74, 6) is 0.140. The number of para-hydroxylation sites is 1. The number of nitrogens with two attached hydrogens (primary N) is 1. The molecule has 0 unspecified atom stereocenters. The largest absolute Gasteiger partial charge is 0.418 e. The van der Waals surface area contributed by atoms with Crippen LogP contribution in [0.4, 0.5) is 41.9 Å². The van der Waals surface area contributed by atoms with Crippen LogP contribution in [-0.2, 0) is 16.2 Å². The first-order chi connectivity index (χ1) is 15.6. The van der Waals surface area contributed by atoms with E-state index in [1.807, 2.05) is 0 Å². The summed E-state index contributed by atoms with van der Waals surface area (Å²) in [4.78, 5) is 8.12. The monoisotopic (exact) mass is 480 g/mol. The minimum absolute atomic E-state index is 0.00526. The fourth-order valence-corrected chi connectivity index (χ4v) is 4.58. The van der Waals surface area contributed by atoms with Crippen molar-refractivity contribution < 1.29 is 21.6 Å². The fourth-order valence-electron chi connectivity index (χ4n) is 3.12. The van der Waals surface area contributed by atoms with Gasteiger partial charge < -0.3 is 16.4 Å². The summed E-state index contributed by atoms with van der Waals surface area (Å²) in [5, 5.41) is 5.54. The number of benzene rings is 2. The van der Waals surface area contributed by atoms with Crippen LogP contribution in [0.2, 0.25) is 0 Å². The van der Waals surface area contributed by atoms with Crippen molar-refractivity contribution in [2.24, 2.45) is 0 Å². The van der Waals surface area contributed by atoms with Crippen molar-refractivity contribution in [2.75, 3.05) is 29.5 Å². The van der Waals surface area contributed by atoms with Gasteiger partial charge in [0.2, 0.25) is 10.0 Å². The molecule has 12 heteroatoms. The maximum Gasteiger partial charge on any atom is 0.418 e. The molecule has 0 aliphatic heterocycles. The summed E-state index contributed by atoms with van der Waals surface area (Å²) in [6.07, 6.45) is -3.41. The van der Waals surface area contributed by atoms with Gasteiger partial charge in [-0.05, 0) is 36.4 Å². The number of nitrogen functional groups attached to an aromatic ring is 1. The Kier molecular flexibility index (Phi) is 7.08. The lowest BCUT2D eigenvalue weighted by molar-refractivity contribution is -0.136. The molecule has 33 heavy (non-hydrogen) atoms. The van der Waals surface area contributed by atoms with Crippen LogP contribution in [0.5, 0.6) is 0 Å². The zero-order valence-corrected chi connectivity index (χ0v) is 18.7. The van der Waals surface area contributed by atoms with Crippen molar-refractivity contribution in [3.05, 3.63) is 60.4 Å². The molecule has 0 radical (unpaired) electrons. The second-order valence-corrected chi connectivity index (χ2v) is 8.83. The van der Waals surface area contributed by atoms with E-state index in [9.17, 15) is 21.6 Å². The Morgan fingerprint density at radius 2 is 1.52 bits per heavy atom. The first-order valence-corrected chi connectivity index (χ1v) is 11.4. The summed E-state index contributed by atoms with van der Waals surface area (Å²) in [6, 6.07) is 11.0. The Balaban J connectivity index is 1.84. The zero-order valence-electron chi connectivity index (χ0n) is 17.9. The number of sulfonamides is 1. The quantitative estimate of drug-likeness (QED) is 0.432. The van der Waals surface area contributed by atoms with E-state index >= 15 is 0 Å². The molecular weight excluding hydrogens is 457 g/mol. The molecule has 0 amide bonds. The van der Waals surface area contributed by atoms with Crippen LogP contribution in [-0.4, -0.2) is 35.8 Å².